The Bertz CT molecular complexity index is 734. The molecule has 0 N–H and O–H groups in total. The van der Waals surface area contributed by atoms with E-state index in [1.165, 1.54) is 0 Å². The quantitative estimate of drug-likeness (QED) is 0.644. The van der Waals surface area contributed by atoms with Gasteiger partial charge in [0.1, 0.15) is 11.5 Å². The molecule has 0 saturated carbocycles. The minimum atomic E-state index is -0.00545. The number of benzene rings is 3. The summed E-state index contributed by atoms with van der Waals surface area (Å²) in [5.41, 5.74) is 1.30. The van der Waals surface area contributed by atoms with Crippen LogP contribution in [0.3, 0.4) is 0 Å². The summed E-state index contributed by atoms with van der Waals surface area (Å²) in [5, 5.41) is 0. The summed E-state index contributed by atoms with van der Waals surface area (Å²) in [6.45, 7) is 0. The van der Waals surface area contributed by atoms with Crippen LogP contribution in [0.15, 0.2) is 84.9 Å². The third-order valence-corrected chi connectivity index (χ3v) is 3.11. The molecule has 0 saturated heterocycles. The first-order valence-electron chi connectivity index (χ1n) is 6.76. The van der Waals surface area contributed by atoms with Gasteiger partial charge < -0.3 is 4.74 Å². The fourth-order valence-corrected chi connectivity index (χ4v) is 2.08. The monoisotopic (exact) mass is 274 g/mol. The number of para-hydroxylation sites is 1. The van der Waals surface area contributed by atoms with E-state index in [1.54, 1.807) is 12.1 Å². The van der Waals surface area contributed by atoms with Crippen LogP contribution in [0.5, 0.6) is 11.5 Å². The lowest BCUT2D eigenvalue weighted by molar-refractivity contribution is 0.103. The molecular weight excluding hydrogens is 260 g/mol. The topological polar surface area (TPSA) is 26.3 Å². The van der Waals surface area contributed by atoms with Gasteiger partial charge in [0.05, 0.1) is 0 Å². The third kappa shape index (κ3) is 3.18. The van der Waals surface area contributed by atoms with Gasteiger partial charge in [0.15, 0.2) is 5.78 Å². The molecule has 0 aliphatic heterocycles. The van der Waals surface area contributed by atoms with E-state index >= 15 is 0 Å². The largest absolute Gasteiger partial charge is 0.457 e. The molecule has 0 radical (unpaired) electrons. The number of hydrogen-bond donors (Lipinski definition) is 0. The first kappa shape index (κ1) is 13.1. The number of rotatable bonds is 4. The molecule has 3 rings (SSSR count). The molecular formula is C19H14O2. The van der Waals surface area contributed by atoms with Crippen molar-refractivity contribution in [3.8, 4) is 11.5 Å². The number of hydrogen-bond acceptors (Lipinski definition) is 2. The second-order valence-electron chi connectivity index (χ2n) is 4.64. The van der Waals surface area contributed by atoms with Crippen LogP contribution in [0.2, 0.25) is 0 Å². The van der Waals surface area contributed by atoms with Gasteiger partial charge in [-0.3, -0.25) is 4.79 Å². The van der Waals surface area contributed by atoms with E-state index in [2.05, 4.69) is 0 Å². The Morgan fingerprint density at radius 3 is 1.90 bits per heavy atom. The number of ether oxygens (including phenoxy) is 1. The van der Waals surface area contributed by atoms with Crippen molar-refractivity contribution in [2.45, 2.75) is 0 Å². The minimum absolute atomic E-state index is 0.00545. The fraction of sp³-hybridized carbons (Fsp3) is 0. The molecule has 0 unspecified atom stereocenters. The molecule has 0 aliphatic carbocycles. The van der Waals surface area contributed by atoms with Crippen molar-refractivity contribution in [2.24, 2.45) is 0 Å². The Hall–Kier alpha value is -2.87. The van der Waals surface area contributed by atoms with E-state index in [4.69, 9.17) is 4.74 Å². The first-order chi connectivity index (χ1) is 10.3. The average molecular weight is 274 g/mol. The zero-order chi connectivity index (χ0) is 14.5. The van der Waals surface area contributed by atoms with Gasteiger partial charge in [0.2, 0.25) is 0 Å². The van der Waals surface area contributed by atoms with Gasteiger partial charge in [0.25, 0.3) is 0 Å². The summed E-state index contributed by atoms with van der Waals surface area (Å²) < 4.78 is 5.75. The highest BCUT2D eigenvalue weighted by molar-refractivity contribution is 6.09. The Morgan fingerprint density at radius 2 is 1.19 bits per heavy atom. The molecule has 21 heavy (non-hydrogen) atoms. The molecule has 0 atom stereocenters. The van der Waals surface area contributed by atoms with Crippen molar-refractivity contribution < 1.29 is 9.53 Å². The van der Waals surface area contributed by atoms with Crippen molar-refractivity contribution in [3.05, 3.63) is 96.1 Å². The van der Waals surface area contributed by atoms with Crippen LogP contribution in [0.25, 0.3) is 0 Å². The minimum Gasteiger partial charge on any atom is -0.457 e. The highest BCUT2D eigenvalue weighted by atomic mass is 16.5. The molecule has 0 spiro atoms. The van der Waals surface area contributed by atoms with Crippen molar-refractivity contribution in [1.82, 2.24) is 0 Å². The van der Waals surface area contributed by atoms with Crippen molar-refractivity contribution in [3.63, 3.8) is 0 Å². The van der Waals surface area contributed by atoms with Crippen molar-refractivity contribution >= 4 is 5.78 Å². The maximum Gasteiger partial charge on any atom is 0.193 e. The van der Waals surface area contributed by atoms with E-state index in [0.29, 0.717) is 16.9 Å². The zero-order valence-electron chi connectivity index (χ0n) is 11.4. The second-order valence-corrected chi connectivity index (χ2v) is 4.64. The van der Waals surface area contributed by atoms with E-state index in [-0.39, 0.29) is 5.78 Å². The molecule has 0 aliphatic rings. The van der Waals surface area contributed by atoms with E-state index in [1.807, 2.05) is 72.8 Å². The van der Waals surface area contributed by atoms with Gasteiger partial charge in [-0.2, -0.15) is 0 Å². The lowest BCUT2D eigenvalue weighted by Gasteiger charge is -2.07. The molecule has 102 valence electrons. The number of ketones is 1. The van der Waals surface area contributed by atoms with Crippen LogP contribution in [-0.4, -0.2) is 5.78 Å². The summed E-state index contributed by atoms with van der Waals surface area (Å²) in [6, 6.07) is 26.0. The predicted molar refractivity (Wildman–Crippen MR) is 82.8 cm³/mol. The standard InChI is InChI=1S/C19H14O2/c20-19(15-8-3-1-4-9-15)16-10-7-13-18(14-16)21-17-11-5-2-6-12-17/h1-14H. The average Bonchev–Trinajstić information content (AvgIpc) is 2.56. The van der Waals surface area contributed by atoms with Gasteiger partial charge >= 0.3 is 0 Å². The van der Waals surface area contributed by atoms with Crippen LogP contribution in [0.1, 0.15) is 15.9 Å². The molecule has 3 aromatic carbocycles. The molecule has 0 fully saturated rings. The lowest BCUT2D eigenvalue weighted by Crippen LogP contribution is -2.00. The number of carbonyl (C=O) groups is 1. The molecule has 3 aromatic rings. The van der Waals surface area contributed by atoms with Gasteiger partial charge in [-0.15, -0.1) is 0 Å². The van der Waals surface area contributed by atoms with Crippen molar-refractivity contribution in [2.75, 3.05) is 0 Å². The van der Waals surface area contributed by atoms with Gasteiger partial charge in [-0.25, -0.2) is 0 Å². The lowest BCUT2D eigenvalue weighted by atomic mass is 10.0. The molecule has 0 amide bonds. The summed E-state index contributed by atoms with van der Waals surface area (Å²) in [5.74, 6) is 1.40. The van der Waals surface area contributed by atoms with Gasteiger partial charge in [-0.05, 0) is 24.3 Å². The van der Waals surface area contributed by atoms with Gasteiger partial charge in [0, 0.05) is 11.1 Å². The Kier molecular flexibility index (Phi) is 3.79. The van der Waals surface area contributed by atoms with Gasteiger partial charge in [-0.1, -0.05) is 60.7 Å². The highest BCUT2D eigenvalue weighted by Gasteiger charge is 2.09. The molecule has 2 nitrogen and oxygen atoms in total. The second kappa shape index (κ2) is 6.06. The predicted octanol–water partition coefficient (Wildman–Crippen LogP) is 4.71. The highest BCUT2D eigenvalue weighted by Crippen LogP contribution is 2.22. The first-order valence-corrected chi connectivity index (χ1v) is 6.76. The van der Waals surface area contributed by atoms with E-state index in [0.717, 1.165) is 5.75 Å². The Labute approximate surface area is 123 Å². The fourth-order valence-electron chi connectivity index (χ4n) is 2.08. The summed E-state index contributed by atoms with van der Waals surface area (Å²) in [7, 11) is 0. The molecule has 0 heterocycles. The Balaban J connectivity index is 1.85. The van der Waals surface area contributed by atoms with E-state index < -0.39 is 0 Å². The maximum atomic E-state index is 12.4. The van der Waals surface area contributed by atoms with Crippen LogP contribution in [0, 0.1) is 0 Å². The Morgan fingerprint density at radius 1 is 0.619 bits per heavy atom. The smallest absolute Gasteiger partial charge is 0.193 e. The van der Waals surface area contributed by atoms with E-state index in [9.17, 15) is 4.79 Å². The summed E-state index contributed by atoms with van der Waals surface area (Å²) in [6.07, 6.45) is 0. The maximum absolute atomic E-state index is 12.4. The number of carbonyl (C=O) groups excluding carboxylic acids is 1. The summed E-state index contributed by atoms with van der Waals surface area (Å²) >= 11 is 0. The summed E-state index contributed by atoms with van der Waals surface area (Å²) in [4.78, 5) is 12.4. The van der Waals surface area contributed by atoms with Crippen molar-refractivity contribution in [1.29, 1.82) is 0 Å². The molecule has 0 bridgehead atoms. The van der Waals surface area contributed by atoms with Crippen LogP contribution >= 0.6 is 0 Å². The van der Waals surface area contributed by atoms with Crippen LogP contribution in [0.4, 0.5) is 0 Å². The third-order valence-electron chi connectivity index (χ3n) is 3.11. The SMILES string of the molecule is O=C(c1ccccc1)c1cccc(Oc2ccccc2)c1. The zero-order valence-corrected chi connectivity index (χ0v) is 11.4. The molecule has 0 aromatic heterocycles. The molecule has 2 heteroatoms. The van der Waals surface area contributed by atoms with Crippen LogP contribution in [-0.2, 0) is 0 Å². The normalized spacial score (nSPS) is 10.1. The van der Waals surface area contributed by atoms with Crippen LogP contribution < -0.4 is 4.74 Å².